The van der Waals surface area contributed by atoms with Crippen LogP contribution in [0.15, 0.2) is 24.3 Å². The fraction of sp³-hybridized carbons (Fsp3) is 0.571. The molecule has 2 heteroatoms. The molecule has 0 N–H and O–H groups in total. The van der Waals surface area contributed by atoms with Crippen LogP contribution in [-0.2, 0) is 0 Å². The maximum Gasteiger partial charge on any atom is 0.182 e. The second kappa shape index (κ2) is 4.23. The molecule has 2 fully saturated rings. The molecule has 1 aromatic rings. The highest BCUT2D eigenvalue weighted by Crippen LogP contribution is 2.45. The van der Waals surface area contributed by atoms with E-state index < -0.39 is 0 Å². The summed E-state index contributed by atoms with van der Waals surface area (Å²) in [6.45, 7) is 0.725. The Hall–Kier alpha value is -0.785. The summed E-state index contributed by atoms with van der Waals surface area (Å²) in [6.07, 6.45) is 8.37. The van der Waals surface area contributed by atoms with Gasteiger partial charge in [0.05, 0.1) is 0 Å². The number of hydrogen-bond donors (Lipinski definition) is 0. The van der Waals surface area contributed by atoms with Crippen LogP contribution in [0.25, 0.3) is 0 Å². The fourth-order valence-electron chi connectivity index (χ4n) is 3.91. The summed E-state index contributed by atoms with van der Waals surface area (Å²) >= 11 is 0. The quantitative estimate of drug-likeness (QED) is 0.628. The van der Waals surface area contributed by atoms with E-state index in [2.05, 4.69) is 0 Å². The molecular weight excluding hydrogens is 198 g/mol. The van der Waals surface area contributed by atoms with Crippen LogP contribution >= 0.6 is 0 Å². The Labute approximate surface area is 97.3 Å². The van der Waals surface area contributed by atoms with Gasteiger partial charge in [-0.3, -0.25) is 0 Å². The van der Waals surface area contributed by atoms with Gasteiger partial charge in [0, 0.05) is 0 Å². The summed E-state index contributed by atoms with van der Waals surface area (Å²) in [7, 11) is 0. The molecule has 2 bridgehead atoms. The van der Waals surface area contributed by atoms with Crippen molar-refractivity contribution in [3.8, 4) is 0 Å². The molecule has 0 saturated carbocycles. The first-order chi connectivity index (χ1) is 7.84. The molecule has 0 unspecified atom stereocenters. The van der Waals surface area contributed by atoms with E-state index in [-0.39, 0.29) is 5.82 Å². The predicted molar refractivity (Wildman–Crippen MR) is 67.0 cm³/mol. The van der Waals surface area contributed by atoms with E-state index in [1.807, 2.05) is 12.1 Å². The van der Waals surface area contributed by atoms with Crippen LogP contribution in [0.5, 0.6) is 0 Å². The average Bonchev–Trinajstić information content (AvgIpc) is 2.29. The molecule has 0 aromatic heterocycles. The number of hydrogen-bond acceptors (Lipinski definition) is 0. The fourth-order valence-corrected chi connectivity index (χ4v) is 3.91. The van der Waals surface area contributed by atoms with Gasteiger partial charge in [0.25, 0.3) is 0 Å². The summed E-state index contributed by atoms with van der Waals surface area (Å²) in [6, 6.07) is 7.27. The molecule has 3 rings (SSSR count). The van der Waals surface area contributed by atoms with Gasteiger partial charge in [0.15, 0.2) is 6.71 Å². The van der Waals surface area contributed by atoms with Gasteiger partial charge in [-0.05, 0) is 12.1 Å². The maximum absolute atomic E-state index is 12.9. The van der Waals surface area contributed by atoms with Crippen LogP contribution in [-0.4, -0.2) is 6.71 Å². The van der Waals surface area contributed by atoms with Crippen LogP contribution in [0.1, 0.15) is 38.5 Å². The van der Waals surface area contributed by atoms with E-state index in [4.69, 9.17) is 0 Å². The maximum atomic E-state index is 12.9. The van der Waals surface area contributed by atoms with Crippen molar-refractivity contribution in [2.45, 2.75) is 50.2 Å². The molecule has 2 heterocycles. The minimum absolute atomic E-state index is 0.107. The smallest absolute Gasteiger partial charge is 0.182 e. The second-order valence-electron chi connectivity index (χ2n) is 5.46. The third-order valence-electron chi connectivity index (χ3n) is 4.57. The summed E-state index contributed by atoms with van der Waals surface area (Å²) in [5.74, 6) is 1.64. The van der Waals surface area contributed by atoms with Gasteiger partial charge in [0.2, 0.25) is 0 Å². The van der Waals surface area contributed by atoms with E-state index in [0.717, 1.165) is 18.3 Å². The Kier molecular flexibility index (Phi) is 2.74. The number of halogens is 1. The first-order valence-electron chi connectivity index (χ1n) is 6.60. The van der Waals surface area contributed by atoms with E-state index >= 15 is 0 Å². The van der Waals surface area contributed by atoms with Crippen molar-refractivity contribution in [3.63, 3.8) is 0 Å². The largest absolute Gasteiger partial charge is 0.207 e. The number of benzene rings is 1. The van der Waals surface area contributed by atoms with Crippen LogP contribution in [0.3, 0.4) is 0 Å². The van der Waals surface area contributed by atoms with Gasteiger partial charge in [-0.25, -0.2) is 4.39 Å². The molecule has 0 aliphatic carbocycles. The van der Waals surface area contributed by atoms with E-state index in [1.165, 1.54) is 44.0 Å². The Bertz CT molecular complexity index is 338. The zero-order valence-corrected chi connectivity index (χ0v) is 9.66. The van der Waals surface area contributed by atoms with E-state index in [9.17, 15) is 4.39 Å². The zero-order valence-electron chi connectivity index (χ0n) is 9.66. The van der Waals surface area contributed by atoms with Crippen molar-refractivity contribution in [3.05, 3.63) is 30.1 Å². The monoisotopic (exact) mass is 216 g/mol. The Morgan fingerprint density at radius 3 is 1.88 bits per heavy atom. The van der Waals surface area contributed by atoms with Crippen LogP contribution in [0.4, 0.5) is 4.39 Å². The average molecular weight is 216 g/mol. The third-order valence-corrected chi connectivity index (χ3v) is 4.57. The van der Waals surface area contributed by atoms with Gasteiger partial charge >= 0.3 is 0 Å². The topological polar surface area (TPSA) is 0 Å². The summed E-state index contributed by atoms with van der Waals surface area (Å²) in [4.78, 5) is 0. The summed E-state index contributed by atoms with van der Waals surface area (Å²) in [5, 5.41) is 0. The molecule has 2 aliphatic rings. The van der Waals surface area contributed by atoms with Crippen molar-refractivity contribution in [1.29, 1.82) is 0 Å². The number of fused-ring (bicyclic) bond motifs is 2. The molecular formula is C14H18BF. The highest BCUT2D eigenvalue weighted by atomic mass is 19.1. The third kappa shape index (κ3) is 1.79. The molecule has 2 aliphatic heterocycles. The van der Waals surface area contributed by atoms with Gasteiger partial charge in [0.1, 0.15) is 5.82 Å². The van der Waals surface area contributed by atoms with Crippen molar-refractivity contribution in [1.82, 2.24) is 0 Å². The lowest BCUT2D eigenvalue weighted by Gasteiger charge is -2.40. The highest BCUT2D eigenvalue weighted by Gasteiger charge is 2.39. The lowest BCUT2D eigenvalue weighted by Crippen LogP contribution is -2.44. The first kappa shape index (κ1) is 10.4. The van der Waals surface area contributed by atoms with Gasteiger partial charge < -0.3 is 0 Å². The highest BCUT2D eigenvalue weighted by molar-refractivity contribution is 6.76. The molecule has 1 aromatic carbocycles. The molecule has 84 valence electrons. The lowest BCUT2D eigenvalue weighted by molar-refractivity contribution is 0.448. The van der Waals surface area contributed by atoms with E-state index in [1.54, 1.807) is 12.1 Å². The summed E-state index contributed by atoms with van der Waals surface area (Å²) < 4.78 is 12.9. The molecule has 0 radical (unpaired) electrons. The SMILES string of the molecule is Fc1ccc(B2C3CCCC2CCC3)cc1. The Balaban J connectivity index is 1.89. The lowest BCUT2D eigenvalue weighted by atomic mass is 9.25. The minimum Gasteiger partial charge on any atom is -0.207 e. The normalized spacial score (nSPS) is 29.2. The molecule has 0 amide bonds. The molecule has 0 spiro atoms. The molecule has 2 saturated heterocycles. The second-order valence-corrected chi connectivity index (χ2v) is 5.46. The minimum atomic E-state index is -0.107. The van der Waals surface area contributed by atoms with Gasteiger partial charge in [-0.15, -0.1) is 0 Å². The van der Waals surface area contributed by atoms with Gasteiger partial charge in [-0.1, -0.05) is 67.8 Å². The van der Waals surface area contributed by atoms with Crippen molar-refractivity contribution in [2.75, 3.05) is 0 Å². The number of rotatable bonds is 1. The van der Waals surface area contributed by atoms with Crippen molar-refractivity contribution in [2.24, 2.45) is 0 Å². The van der Waals surface area contributed by atoms with Crippen LogP contribution < -0.4 is 5.46 Å². The Morgan fingerprint density at radius 2 is 1.38 bits per heavy atom. The Morgan fingerprint density at radius 1 is 0.875 bits per heavy atom. The van der Waals surface area contributed by atoms with Crippen molar-refractivity contribution >= 4 is 12.2 Å². The first-order valence-corrected chi connectivity index (χ1v) is 6.60. The van der Waals surface area contributed by atoms with E-state index in [0.29, 0.717) is 0 Å². The molecule has 0 atom stereocenters. The molecule has 0 nitrogen and oxygen atoms in total. The van der Waals surface area contributed by atoms with Crippen LogP contribution in [0, 0.1) is 5.82 Å². The molecule has 16 heavy (non-hydrogen) atoms. The predicted octanol–water partition coefficient (Wildman–Crippen LogP) is 3.64. The summed E-state index contributed by atoms with van der Waals surface area (Å²) in [5.41, 5.74) is 1.39. The van der Waals surface area contributed by atoms with Crippen molar-refractivity contribution < 1.29 is 4.39 Å². The van der Waals surface area contributed by atoms with Crippen LogP contribution in [0.2, 0.25) is 11.6 Å². The zero-order chi connectivity index (χ0) is 11.0. The standard InChI is InChI=1S/C14H18BF/c16-14-9-7-13(8-10-14)15-11-3-1-4-12(15)6-2-5-11/h7-12H,1-6H2. The van der Waals surface area contributed by atoms with Gasteiger partial charge in [-0.2, -0.15) is 0 Å².